The third kappa shape index (κ3) is 3.40. The summed E-state index contributed by atoms with van der Waals surface area (Å²) in [6.07, 6.45) is 0. The zero-order valence-electron chi connectivity index (χ0n) is 10.4. The number of hydrogen-bond donors (Lipinski definition) is 1. The van der Waals surface area contributed by atoms with Crippen LogP contribution < -0.4 is 5.32 Å². The van der Waals surface area contributed by atoms with Crippen molar-refractivity contribution in [2.24, 2.45) is 0 Å². The second-order valence-corrected chi connectivity index (χ2v) is 5.12. The minimum Gasteiger partial charge on any atom is -0.462 e. The predicted molar refractivity (Wildman–Crippen MR) is 78.0 cm³/mol. The van der Waals surface area contributed by atoms with Gasteiger partial charge in [-0.2, -0.15) is 0 Å². The highest BCUT2D eigenvalue weighted by atomic mass is 79.9. The summed E-state index contributed by atoms with van der Waals surface area (Å²) in [5.41, 5.74) is 1.19. The van der Waals surface area contributed by atoms with E-state index in [1.807, 2.05) is 0 Å². The number of ether oxygens (including phenoxy) is 1. The Kier molecular flexibility index (Phi) is 4.80. The summed E-state index contributed by atoms with van der Waals surface area (Å²) >= 11 is 4.40. The number of benzene rings is 1. The largest absolute Gasteiger partial charge is 0.462 e. The first-order valence-electron chi connectivity index (χ1n) is 5.67. The highest BCUT2D eigenvalue weighted by Crippen LogP contribution is 2.24. The van der Waals surface area contributed by atoms with Crippen molar-refractivity contribution in [1.82, 2.24) is 9.59 Å². The SMILES string of the molecule is CCOC(=O)c1ccc(NC(=O)c2csnn2)c(Br)c1. The van der Waals surface area contributed by atoms with Crippen LogP contribution in [0.1, 0.15) is 27.8 Å². The van der Waals surface area contributed by atoms with Gasteiger partial charge in [0.2, 0.25) is 0 Å². The van der Waals surface area contributed by atoms with Crippen LogP contribution in [0, 0.1) is 0 Å². The summed E-state index contributed by atoms with van der Waals surface area (Å²) < 4.78 is 9.10. The Labute approximate surface area is 127 Å². The summed E-state index contributed by atoms with van der Waals surface area (Å²) in [5.74, 6) is -0.766. The van der Waals surface area contributed by atoms with Crippen LogP contribution in [0.4, 0.5) is 5.69 Å². The van der Waals surface area contributed by atoms with Crippen LogP contribution in [0.3, 0.4) is 0 Å². The number of esters is 1. The molecule has 0 aliphatic carbocycles. The molecule has 0 saturated carbocycles. The van der Waals surface area contributed by atoms with Crippen LogP contribution in [0.15, 0.2) is 28.1 Å². The first-order valence-corrected chi connectivity index (χ1v) is 7.30. The van der Waals surface area contributed by atoms with Gasteiger partial charge in [0.15, 0.2) is 5.69 Å². The number of anilines is 1. The van der Waals surface area contributed by atoms with Gasteiger partial charge in [-0.15, -0.1) is 5.10 Å². The van der Waals surface area contributed by atoms with Crippen molar-refractivity contribution in [2.45, 2.75) is 6.92 Å². The molecule has 1 amide bonds. The van der Waals surface area contributed by atoms with Crippen molar-refractivity contribution in [3.8, 4) is 0 Å². The number of carbonyl (C=O) groups is 2. The van der Waals surface area contributed by atoms with Crippen molar-refractivity contribution in [2.75, 3.05) is 11.9 Å². The van der Waals surface area contributed by atoms with Crippen LogP contribution >= 0.6 is 27.5 Å². The van der Waals surface area contributed by atoms with Gasteiger partial charge in [0.05, 0.1) is 17.9 Å². The van der Waals surface area contributed by atoms with Crippen LogP contribution in [0.25, 0.3) is 0 Å². The van der Waals surface area contributed by atoms with Crippen LogP contribution in [0.5, 0.6) is 0 Å². The van der Waals surface area contributed by atoms with Gasteiger partial charge in [0.1, 0.15) is 0 Å². The van der Waals surface area contributed by atoms with E-state index in [1.165, 1.54) is 0 Å². The Morgan fingerprint density at radius 1 is 1.45 bits per heavy atom. The Morgan fingerprint density at radius 2 is 2.25 bits per heavy atom. The van der Waals surface area contributed by atoms with E-state index in [-0.39, 0.29) is 11.6 Å². The lowest BCUT2D eigenvalue weighted by atomic mass is 10.2. The molecule has 20 heavy (non-hydrogen) atoms. The van der Waals surface area contributed by atoms with Gasteiger partial charge in [-0.3, -0.25) is 4.79 Å². The molecule has 104 valence electrons. The first kappa shape index (κ1) is 14.6. The number of nitrogens with zero attached hydrogens (tertiary/aromatic N) is 2. The number of carbonyl (C=O) groups excluding carboxylic acids is 2. The number of aromatic nitrogens is 2. The van der Waals surface area contributed by atoms with Gasteiger partial charge in [0, 0.05) is 9.85 Å². The maximum atomic E-state index is 11.8. The van der Waals surface area contributed by atoms with Crippen molar-refractivity contribution in [1.29, 1.82) is 0 Å². The fourth-order valence-electron chi connectivity index (χ4n) is 1.41. The molecule has 0 aliphatic heterocycles. The Hall–Kier alpha value is -1.80. The van der Waals surface area contributed by atoms with E-state index in [9.17, 15) is 9.59 Å². The molecule has 0 fully saturated rings. The van der Waals surface area contributed by atoms with E-state index in [2.05, 4.69) is 30.8 Å². The molecular weight excluding hydrogens is 346 g/mol. The van der Waals surface area contributed by atoms with E-state index in [1.54, 1.807) is 30.5 Å². The molecule has 0 spiro atoms. The second kappa shape index (κ2) is 6.58. The number of rotatable bonds is 4. The van der Waals surface area contributed by atoms with E-state index >= 15 is 0 Å². The Balaban J connectivity index is 2.14. The maximum absolute atomic E-state index is 11.8. The minimum atomic E-state index is -0.408. The molecule has 1 heterocycles. The maximum Gasteiger partial charge on any atom is 0.338 e. The van der Waals surface area contributed by atoms with Crippen LogP contribution in [0.2, 0.25) is 0 Å². The molecule has 1 aromatic carbocycles. The monoisotopic (exact) mass is 355 g/mol. The molecule has 2 rings (SSSR count). The molecule has 0 radical (unpaired) electrons. The third-order valence-corrected chi connectivity index (χ3v) is 3.48. The molecule has 0 aliphatic rings. The Morgan fingerprint density at radius 3 is 2.85 bits per heavy atom. The fraction of sp³-hybridized carbons (Fsp3) is 0.167. The predicted octanol–water partition coefficient (Wildman–Crippen LogP) is 2.73. The first-order chi connectivity index (χ1) is 9.61. The smallest absolute Gasteiger partial charge is 0.338 e. The van der Waals surface area contributed by atoms with E-state index in [4.69, 9.17) is 4.74 Å². The topological polar surface area (TPSA) is 81.2 Å². The molecule has 1 N–H and O–H groups in total. The van der Waals surface area contributed by atoms with E-state index in [0.29, 0.717) is 22.3 Å². The van der Waals surface area contributed by atoms with Gasteiger partial charge in [-0.1, -0.05) is 4.49 Å². The fourth-order valence-corrected chi connectivity index (χ4v) is 2.32. The van der Waals surface area contributed by atoms with E-state index in [0.717, 1.165) is 11.5 Å². The van der Waals surface area contributed by atoms with Crippen LogP contribution in [-0.2, 0) is 4.74 Å². The number of nitrogens with one attached hydrogen (secondary N) is 1. The summed E-state index contributed by atoms with van der Waals surface area (Å²) in [5, 5.41) is 7.91. The van der Waals surface area contributed by atoms with Gasteiger partial charge in [0.25, 0.3) is 5.91 Å². The third-order valence-electron chi connectivity index (χ3n) is 2.32. The molecular formula is C12H10BrN3O3S. The molecule has 0 saturated heterocycles. The summed E-state index contributed by atoms with van der Waals surface area (Å²) in [6.45, 7) is 2.05. The zero-order valence-corrected chi connectivity index (χ0v) is 12.8. The molecule has 6 nitrogen and oxygen atoms in total. The second-order valence-electron chi connectivity index (χ2n) is 3.66. The lowest BCUT2D eigenvalue weighted by molar-refractivity contribution is 0.0526. The molecule has 0 unspecified atom stereocenters. The van der Waals surface area contributed by atoms with Crippen molar-refractivity contribution < 1.29 is 14.3 Å². The molecule has 0 atom stereocenters. The van der Waals surface area contributed by atoms with Gasteiger partial charge >= 0.3 is 5.97 Å². The van der Waals surface area contributed by atoms with Crippen molar-refractivity contribution in [3.63, 3.8) is 0 Å². The summed E-state index contributed by atoms with van der Waals surface area (Å²) in [7, 11) is 0. The van der Waals surface area contributed by atoms with E-state index < -0.39 is 5.97 Å². The normalized spacial score (nSPS) is 10.1. The Bertz CT molecular complexity index is 631. The van der Waals surface area contributed by atoms with Crippen LogP contribution in [-0.4, -0.2) is 28.1 Å². The minimum absolute atomic E-state index is 0.247. The van der Waals surface area contributed by atoms with Gasteiger partial charge in [-0.05, 0) is 52.6 Å². The average molecular weight is 356 g/mol. The van der Waals surface area contributed by atoms with Gasteiger partial charge < -0.3 is 10.1 Å². The average Bonchev–Trinajstić information content (AvgIpc) is 2.95. The van der Waals surface area contributed by atoms with Crippen molar-refractivity contribution >= 4 is 45.0 Å². The summed E-state index contributed by atoms with van der Waals surface area (Å²) in [4.78, 5) is 23.4. The summed E-state index contributed by atoms with van der Waals surface area (Å²) in [6, 6.07) is 4.79. The molecule has 2 aromatic rings. The molecule has 0 bridgehead atoms. The number of amides is 1. The standard InChI is InChI=1S/C12H10BrN3O3S/c1-2-19-12(18)7-3-4-9(8(13)5-7)14-11(17)10-6-20-16-15-10/h3-6H,2H2,1H3,(H,14,17). The van der Waals surface area contributed by atoms with Gasteiger partial charge in [-0.25, -0.2) is 4.79 Å². The molecule has 1 aromatic heterocycles. The lowest BCUT2D eigenvalue weighted by Gasteiger charge is -2.08. The highest BCUT2D eigenvalue weighted by molar-refractivity contribution is 9.10. The quantitative estimate of drug-likeness (QED) is 0.852. The number of hydrogen-bond acceptors (Lipinski definition) is 6. The lowest BCUT2D eigenvalue weighted by Crippen LogP contribution is -2.13. The molecule has 8 heteroatoms. The highest BCUT2D eigenvalue weighted by Gasteiger charge is 2.13. The van der Waals surface area contributed by atoms with Crippen molar-refractivity contribution in [3.05, 3.63) is 39.3 Å². The number of halogens is 1. The zero-order chi connectivity index (χ0) is 14.5.